The molecule has 1 aliphatic carbocycles. The molecule has 1 aromatic carbocycles. The van der Waals surface area contributed by atoms with Gasteiger partial charge in [0.25, 0.3) is 0 Å². The second-order valence-corrected chi connectivity index (χ2v) is 7.55. The van der Waals surface area contributed by atoms with Crippen LogP contribution in [0.5, 0.6) is 5.75 Å². The smallest absolute Gasteiger partial charge is 0.306 e. The number of benzene rings is 1. The third-order valence-corrected chi connectivity index (χ3v) is 5.06. The zero-order valence-electron chi connectivity index (χ0n) is 17.2. The summed E-state index contributed by atoms with van der Waals surface area (Å²) in [5.74, 6) is 0.888. The molecule has 1 saturated carbocycles. The van der Waals surface area contributed by atoms with Crippen LogP contribution in [-0.4, -0.2) is 31.8 Å². The zero-order valence-corrected chi connectivity index (χ0v) is 17.2. The lowest BCUT2D eigenvalue weighted by atomic mass is 9.83. The fourth-order valence-electron chi connectivity index (χ4n) is 3.39. The molecular formula is C23H32O5. The van der Waals surface area contributed by atoms with Crippen LogP contribution in [0, 0.1) is 0 Å². The SMILES string of the molecule is COc1ccc(C2CCC(OC(=O)CCCC(=O)OCC=C(C)C)CC2)cc1. The molecule has 0 aliphatic heterocycles. The molecule has 0 bridgehead atoms. The second-order valence-electron chi connectivity index (χ2n) is 7.55. The number of allylic oxidation sites excluding steroid dienone is 1. The Kier molecular flexibility index (Phi) is 9.05. The van der Waals surface area contributed by atoms with E-state index in [9.17, 15) is 9.59 Å². The Morgan fingerprint density at radius 2 is 1.64 bits per heavy atom. The summed E-state index contributed by atoms with van der Waals surface area (Å²) < 4.78 is 15.9. The minimum absolute atomic E-state index is 0.00776. The van der Waals surface area contributed by atoms with Crippen molar-refractivity contribution in [1.82, 2.24) is 0 Å². The first-order valence-electron chi connectivity index (χ1n) is 10.1. The molecule has 1 aromatic rings. The van der Waals surface area contributed by atoms with Crippen LogP contribution >= 0.6 is 0 Å². The Morgan fingerprint density at radius 1 is 1.00 bits per heavy atom. The number of methoxy groups -OCH3 is 1. The lowest BCUT2D eigenvalue weighted by Gasteiger charge is -2.28. The molecule has 0 aromatic heterocycles. The van der Waals surface area contributed by atoms with Crippen molar-refractivity contribution in [2.45, 2.75) is 70.8 Å². The minimum Gasteiger partial charge on any atom is -0.497 e. The van der Waals surface area contributed by atoms with Gasteiger partial charge in [-0.3, -0.25) is 9.59 Å². The molecule has 5 nitrogen and oxygen atoms in total. The summed E-state index contributed by atoms with van der Waals surface area (Å²) in [6.07, 6.45) is 6.61. The Balaban J connectivity index is 1.62. The number of hydrogen-bond acceptors (Lipinski definition) is 5. The van der Waals surface area contributed by atoms with E-state index in [4.69, 9.17) is 14.2 Å². The van der Waals surface area contributed by atoms with Gasteiger partial charge in [-0.1, -0.05) is 17.7 Å². The standard InChI is InChI=1S/C23H32O5/c1-17(2)15-16-27-22(24)5-4-6-23(25)28-21-13-9-19(10-14-21)18-7-11-20(26-3)12-8-18/h7-8,11-12,15,19,21H,4-6,9-10,13-14,16H2,1-3H3. The van der Waals surface area contributed by atoms with Gasteiger partial charge in [-0.25, -0.2) is 0 Å². The summed E-state index contributed by atoms with van der Waals surface area (Å²) >= 11 is 0. The van der Waals surface area contributed by atoms with E-state index in [-0.39, 0.29) is 30.9 Å². The van der Waals surface area contributed by atoms with Crippen LogP contribution in [-0.2, 0) is 19.1 Å². The van der Waals surface area contributed by atoms with Gasteiger partial charge in [0, 0.05) is 12.8 Å². The van der Waals surface area contributed by atoms with Gasteiger partial charge in [-0.15, -0.1) is 0 Å². The molecule has 0 spiro atoms. The molecule has 0 amide bonds. The number of carbonyl (C=O) groups is 2. The summed E-state index contributed by atoms with van der Waals surface area (Å²) in [6.45, 7) is 4.20. The summed E-state index contributed by atoms with van der Waals surface area (Å²) in [4.78, 5) is 23.6. The predicted octanol–water partition coefficient (Wildman–Crippen LogP) is 4.94. The minimum atomic E-state index is -0.273. The van der Waals surface area contributed by atoms with Crippen LogP contribution in [0.3, 0.4) is 0 Å². The van der Waals surface area contributed by atoms with E-state index in [0.29, 0.717) is 18.9 Å². The summed E-state index contributed by atoms with van der Waals surface area (Å²) in [5.41, 5.74) is 2.43. The van der Waals surface area contributed by atoms with Crippen molar-refractivity contribution < 1.29 is 23.8 Å². The molecular weight excluding hydrogens is 356 g/mol. The molecule has 154 valence electrons. The quantitative estimate of drug-likeness (QED) is 0.443. The predicted molar refractivity (Wildman–Crippen MR) is 108 cm³/mol. The van der Waals surface area contributed by atoms with Crippen molar-refractivity contribution in [2.24, 2.45) is 0 Å². The van der Waals surface area contributed by atoms with Crippen molar-refractivity contribution in [1.29, 1.82) is 0 Å². The van der Waals surface area contributed by atoms with Crippen LogP contribution in [0.15, 0.2) is 35.9 Å². The number of carbonyl (C=O) groups excluding carboxylic acids is 2. The monoisotopic (exact) mass is 388 g/mol. The van der Waals surface area contributed by atoms with Crippen molar-refractivity contribution in [3.63, 3.8) is 0 Å². The molecule has 2 rings (SSSR count). The first-order valence-corrected chi connectivity index (χ1v) is 10.1. The van der Waals surface area contributed by atoms with E-state index < -0.39 is 0 Å². The van der Waals surface area contributed by atoms with E-state index >= 15 is 0 Å². The third-order valence-electron chi connectivity index (χ3n) is 5.06. The molecule has 5 heteroatoms. The highest BCUT2D eigenvalue weighted by Gasteiger charge is 2.24. The third kappa shape index (κ3) is 7.75. The van der Waals surface area contributed by atoms with Gasteiger partial charge in [-0.05, 0) is 75.6 Å². The second kappa shape index (κ2) is 11.5. The molecule has 1 aliphatic rings. The van der Waals surface area contributed by atoms with Gasteiger partial charge in [0.05, 0.1) is 7.11 Å². The van der Waals surface area contributed by atoms with Crippen LogP contribution in [0.1, 0.15) is 70.3 Å². The maximum atomic E-state index is 12.0. The van der Waals surface area contributed by atoms with Crippen molar-refractivity contribution in [3.8, 4) is 5.75 Å². The number of hydrogen-bond donors (Lipinski definition) is 0. The van der Waals surface area contributed by atoms with Gasteiger partial charge in [0.15, 0.2) is 0 Å². The van der Waals surface area contributed by atoms with E-state index in [1.807, 2.05) is 32.1 Å². The largest absolute Gasteiger partial charge is 0.497 e. The Labute approximate surface area is 168 Å². The van der Waals surface area contributed by atoms with Crippen LogP contribution in [0.4, 0.5) is 0 Å². The van der Waals surface area contributed by atoms with E-state index in [0.717, 1.165) is 37.0 Å². The normalized spacial score (nSPS) is 18.8. The van der Waals surface area contributed by atoms with Crippen LogP contribution in [0.2, 0.25) is 0 Å². The summed E-state index contributed by atoms with van der Waals surface area (Å²) in [6, 6.07) is 8.22. The number of esters is 2. The van der Waals surface area contributed by atoms with Crippen LogP contribution in [0.25, 0.3) is 0 Å². The maximum absolute atomic E-state index is 12.0. The van der Waals surface area contributed by atoms with E-state index in [2.05, 4.69) is 12.1 Å². The van der Waals surface area contributed by atoms with Crippen molar-refractivity contribution in [2.75, 3.05) is 13.7 Å². The Bertz CT molecular complexity index is 650. The van der Waals surface area contributed by atoms with Crippen molar-refractivity contribution >= 4 is 11.9 Å². The van der Waals surface area contributed by atoms with Gasteiger partial charge >= 0.3 is 11.9 Å². The topological polar surface area (TPSA) is 61.8 Å². The molecule has 0 saturated heterocycles. The molecule has 0 N–H and O–H groups in total. The molecule has 0 atom stereocenters. The van der Waals surface area contributed by atoms with Gasteiger partial charge in [0.1, 0.15) is 18.5 Å². The highest BCUT2D eigenvalue weighted by atomic mass is 16.5. The fourth-order valence-corrected chi connectivity index (χ4v) is 3.39. The molecule has 1 fully saturated rings. The van der Waals surface area contributed by atoms with E-state index in [1.165, 1.54) is 5.56 Å². The Hall–Kier alpha value is -2.30. The summed E-state index contributed by atoms with van der Waals surface area (Å²) in [5, 5.41) is 0. The average Bonchev–Trinajstić information content (AvgIpc) is 2.68. The first-order chi connectivity index (χ1) is 13.5. The molecule has 28 heavy (non-hydrogen) atoms. The van der Waals surface area contributed by atoms with Gasteiger partial charge in [0.2, 0.25) is 0 Å². The highest BCUT2D eigenvalue weighted by Crippen LogP contribution is 2.34. The number of rotatable bonds is 9. The molecule has 0 unspecified atom stereocenters. The van der Waals surface area contributed by atoms with Gasteiger partial charge in [-0.2, -0.15) is 0 Å². The maximum Gasteiger partial charge on any atom is 0.306 e. The molecule has 0 radical (unpaired) electrons. The van der Waals surface area contributed by atoms with Crippen LogP contribution < -0.4 is 4.74 Å². The van der Waals surface area contributed by atoms with E-state index in [1.54, 1.807) is 7.11 Å². The first kappa shape index (κ1) is 22.0. The fraction of sp³-hybridized carbons (Fsp3) is 0.565. The highest BCUT2D eigenvalue weighted by molar-refractivity contribution is 5.72. The van der Waals surface area contributed by atoms with Gasteiger partial charge < -0.3 is 14.2 Å². The summed E-state index contributed by atoms with van der Waals surface area (Å²) in [7, 11) is 1.67. The zero-order chi connectivity index (χ0) is 20.4. The van der Waals surface area contributed by atoms with Crippen molar-refractivity contribution in [3.05, 3.63) is 41.5 Å². The number of ether oxygens (including phenoxy) is 3. The lowest BCUT2D eigenvalue weighted by molar-refractivity contribution is -0.151. The molecule has 0 heterocycles. The average molecular weight is 389 g/mol. The lowest BCUT2D eigenvalue weighted by Crippen LogP contribution is -2.24. The Morgan fingerprint density at radius 3 is 2.25 bits per heavy atom.